The van der Waals surface area contributed by atoms with Gasteiger partial charge in [0.05, 0.1) is 0 Å². The molecule has 1 rings (SSSR count). The molecule has 2 heteroatoms. The van der Waals surface area contributed by atoms with Crippen LogP contribution in [0.2, 0.25) is 0 Å². The summed E-state index contributed by atoms with van der Waals surface area (Å²) in [6.45, 7) is 2.12. The average molecular weight is 195 g/mol. The van der Waals surface area contributed by atoms with Crippen LogP contribution in [0.1, 0.15) is 17.2 Å². The third-order valence-corrected chi connectivity index (χ3v) is 2.83. The molecule has 1 unspecified atom stereocenters. The summed E-state index contributed by atoms with van der Waals surface area (Å²) in [6.07, 6.45) is 2.14. The van der Waals surface area contributed by atoms with Crippen molar-refractivity contribution in [1.82, 2.24) is 5.32 Å². The molecular weight excluding hydrogens is 178 g/mol. The first-order chi connectivity index (χ1) is 6.27. The molecule has 0 saturated heterocycles. The van der Waals surface area contributed by atoms with Crippen molar-refractivity contribution >= 4 is 11.8 Å². The van der Waals surface area contributed by atoms with E-state index < -0.39 is 0 Å². The number of nitrogens with one attached hydrogen (secondary N) is 1. The lowest BCUT2D eigenvalue weighted by Gasteiger charge is -2.15. The smallest absolute Gasteiger partial charge is 0.0409 e. The fourth-order valence-electron chi connectivity index (χ4n) is 1.31. The van der Waals surface area contributed by atoms with Crippen molar-refractivity contribution in [2.75, 3.05) is 19.1 Å². The second-order valence-corrected chi connectivity index (χ2v) is 4.12. The predicted molar refractivity (Wildman–Crippen MR) is 61.4 cm³/mol. The van der Waals surface area contributed by atoms with Crippen LogP contribution in [-0.2, 0) is 0 Å². The molecule has 1 N–H and O–H groups in total. The van der Waals surface area contributed by atoms with E-state index in [1.54, 1.807) is 0 Å². The molecule has 0 fully saturated rings. The Hall–Kier alpha value is -0.470. The van der Waals surface area contributed by atoms with Gasteiger partial charge in [-0.15, -0.1) is 0 Å². The fraction of sp³-hybridized carbons (Fsp3) is 0.455. The maximum atomic E-state index is 3.32. The molecule has 0 amide bonds. The summed E-state index contributed by atoms with van der Waals surface area (Å²) in [5, 5.41) is 3.32. The third kappa shape index (κ3) is 3.05. The van der Waals surface area contributed by atoms with E-state index in [0.29, 0.717) is 6.04 Å². The Labute approximate surface area is 84.9 Å². The van der Waals surface area contributed by atoms with Crippen molar-refractivity contribution < 1.29 is 0 Å². The van der Waals surface area contributed by atoms with E-state index in [1.807, 2.05) is 18.8 Å². The molecule has 1 atom stereocenters. The normalized spacial score (nSPS) is 12.8. The summed E-state index contributed by atoms with van der Waals surface area (Å²) in [6, 6.07) is 9.22. The van der Waals surface area contributed by atoms with E-state index in [4.69, 9.17) is 0 Å². The molecule has 0 aliphatic rings. The van der Waals surface area contributed by atoms with Gasteiger partial charge >= 0.3 is 0 Å². The molecule has 0 bridgehead atoms. The quantitative estimate of drug-likeness (QED) is 0.792. The summed E-state index contributed by atoms with van der Waals surface area (Å²) in [4.78, 5) is 0. The van der Waals surface area contributed by atoms with Gasteiger partial charge in [-0.2, -0.15) is 11.8 Å². The minimum atomic E-state index is 0.482. The van der Waals surface area contributed by atoms with Crippen molar-refractivity contribution in [3.05, 3.63) is 35.4 Å². The van der Waals surface area contributed by atoms with Gasteiger partial charge in [0.2, 0.25) is 0 Å². The molecular formula is C11H17NS. The van der Waals surface area contributed by atoms with E-state index in [2.05, 4.69) is 42.8 Å². The van der Waals surface area contributed by atoms with Crippen LogP contribution in [-0.4, -0.2) is 19.1 Å². The first kappa shape index (κ1) is 10.6. The molecule has 0 spiro atoms. The monoisotopic (exact) mass is 195 g/mol. The highest BCUT2D eigenvalue weighted by molar-refractivity contribution is 7.98. The topological polar surface area (TPSA) is 12.0 Å². The maximum absolute atomic E-state index is 3.32. The molecule has 72 valence electrons. The highest BCUT2D eigenvalue weighted by Crippen LogP contribution is 2.16. The van der Waals surface area contributed by atoms with Gasteiger partial charge in [0.25, 0.3) is 0 Å². The van der Waals surface area contributed by atoms with E-state index in [0.717, 1.165) is 5.75 Å². The van der Waals surface area contributed by atoms with Gasteiger partial charge < -0.3 is 5.32 Å². The van der Waals surface area contributed by atoms with Crippen molar-refractivity contribution in [1.29, 1.82) is 0 Å². The Bertz CT molecular complexity index is 243. The summed E-state index contributed by atoms with van der Waals surface area (Å²) in [5.41, 5.74) is 2.70. The minimum Gasteiger partial charge on any atom is -0.312 e. The van der Waals surface area contributed by atoms with Crippen LogP contribution >= 0.6 is 11.8 Å². The van der Waals surface area contributed by atoms with Crippen LogP contribution in [0.25, 0.3) is 0 Å². The van der Waals surface area contributed by atoms with Crippen molar-refractivity contribution in [2.24, 2.45) is 0 Å². The fourth-order valence-corrected chi connectivity index (χ4v) is 2.00. The average Bonchev–Trinajstić information content (AvgIpc) is 2.16. The summed E-state index contributed by atoms with van der Waals surface area (Å²) >= 11 is 1.87. The minimum absolute atomic E-state index is 0.482. The molecule has 0 heterocycles. The summed E-state index contributed by atoms with van der Waals surface area (Å²) in [5.74, 6) is 1.12. The molecule has 13 heavy (non-hydrogen) atoms. The van der Waals surface area contributed by atoms with Crippen molar-refractivity contribution in [2.45, 2.75) is 13.0 Å². The Kier molecular flexibility index (Phi) is 4.33. The zero-order chi connectivity index (χ0) is 9.68. The van der Waals surface area contributed by atoms with E-state index in [1.165, 1.54) is 11.1 Å². The molecule has 0 aliphatic heterocycles. The molecule has 1 aromatic rings. The van der Waals surface area contributed by atoms with Gasteiger partial charge in [-0.1, -0.05) is 29.8 Å². The van der Waals surface area contributed by atoms with Crippen LogP contribution in [0, 0.1) is 6.92 Å². The first-order valence-corrected chi connectivity index (χ1v) is 5.90. The van der Waals surface area contributed by atoms with Crippen LogP contribution < -0.4 is 5.32 Å². The number of hydrogen-bond donors (Lipinski definition) is 1. The maximum Gasteiger partial charge on any atom is 0.0409 e. The Morgan fingerprint density at radius 3 is 2.38 bits per heavy atom. The van der Waals surface area contributed by atoms with Crippen LogP contribution in [0.3, 0.4) is 0 Å². The van der Waals surface area contributed by atoms with Crippen LogP contribution in [0.15, 0.2) is 24.3 Å². The highest BCUT2D eigenvalue weighted by atomic mass is 32.2. The van der Waals surface area contributed by atoms with Gasteiger partial charge in [0, 0.05) is 11.8 Å². The molecule has 1 aromatic carbocycles. The van der Waals surface area contributed by atoms with Crippen molar-refractivity contribution in [3.63, 3.8) is 0 Å². The Morgan fingerprint density at radius 2 is 1.92 bits per heavy atom. The zero-order valence-corrected chi connectivity index (χ0v) is 9.32. The largest absolute Gasteiger partial charge is 0.312 e. The second-order valence-electron chi connectivity index (χ2n) is 3.21. The van der Waals surface area contributed by atoms with Crippen LogP contribution in [0.4, 0.5) is 0 Å². The van der Waals surface area contributed by atoms with Crippen molar-refractivity contribution in [3.8, 4) is 0 Å². The molecule has 0 radical (unpaired) electrons. The highest BCUT2D eigenvalue weighted by Gasteiger charge is 2.06. The Balaban J connectivity index is 2.73. The third-order valence-electron chi connectivity index (χ3n) is 2.16. The van der Waals surface area contributed by atoms with Gasteiger partial charge in [0.15, 0.2) is 0 Å². The standard InChI is InChI=1S/C11H17NS/c1-9-4-6-10(7-5-9)11(12-2)8-13-3/h4-7,11-12H,8H2,1-3H3. The SMILES string of the molecule is CNC(CSC)c1ccc(C)cc1. The lowest BCUT2D eigenvalue weighted by Crippen LogP contribution is -2.18. The second kappa shape index (κ2) is 5.30. The molecule has 0 saturated carbocycles. The number of rotatable bonds is 4. The predicted octanol–water partition coefficient (Wildman–Crippen LogP) is 2.62. The van der Waals surface area contributed by atoms with E-state index >= 15 is 0 Å². The Morgan fingerprint density at radius 1 is 1.31 bits per heavy atom. The zero-order valence-electron chi connectivity index (χ0n) is 8.50. The van der Waals surface area contributed by atoms with Crippen LogP contribution in [0.5, 0.6) is 0 Å². The van der Waals surface area contributed by atoms with Gasteiger partial charge in [0.1, 0.15) is 0 Å². The molecule has 0 aliphatic carbocycles. The van der Waals surface area contributed by atoms with E-state index in [-0.39, 0.29) is 0 Å². The van der Waals surface area contributed by atoms with Gasteiger partial charge in [-0.05, 0) is 25.8 Å². The number of benzene rings is 1. The number of thioether (sulfide) groups is 1. The van der Waals surface area contributed by atoms with Gasteiger partial charge in [-0.25, -0.2) is 0 Å². The lowest BCUT2D eigenvalue weighted by molar-refractivity contribution is 0.662. The first-order valence-electron chi connectivity index (χ1n) is 4.50. The lowest BCUT2D eigenvalue weighted by atomic mass is 10.1. The number of aryl methyl sites for hydroxylation is 1. The molecule has 1 nitrogen and oxygen atoms in total. The van der Waals surface area contributed by atoms with Gasteiger partial charge in [-0.3, -0.25) is 0 Å². The molecule has 0 aromatic heterocycles. The summed E-state index contributed by atoms with van der Waals surface area (Å²) in [7, 11) is 2.01. The number of hydrogen-bond acceptors (Lipinski definition) is 2. The van der Waals surface area contributed by atoms with E-state index in [9.17, 15) is 0 Å². The summed E-state index contributed by atoms with van der Waals surface area (Å²) < 4.78 is 0.